The number of carboxylic acid groups (broad SMARTS) is 1. The lowest BCUT2D eigenvalue weighted by Crippen LogP contribution is -2.26. The Balaban J connectivity index is 1.81. The van der Waals surface area contributed by atoms with E-state index in [2.05, 4.69) is 10.1 Å². The molecule has 2 N–H and O–H groups in total. The molecule has 1 amide bonds. The number of benzene rings is 2. The van der Waals surface area contributed by atoms with Crippen molar-refractivity contribution in [2.24, 2.45) is 13.0 Å². The van der Waals surface area contributed by atoms with E-state index in [9.17, 15) is 31.9 Å². The van der Waals surface area contributed by atoms with Crippen molar-refractivity contribution in [2.75, 3.05) is 6.54 Å². The van der Waals surface area contributed by atoms with Gasteiger partial charge in [0.1, 0.15) is 11.6 Å². The van der Waals surface area contributed by atoms with E-state index >= 15 is 0 Å². The van der Waals surface area contributed by atoms with Gasteiger partial charge in [0.2, 0.25) is 0 Å². The van der Waals surface area contributed by atoms with Crippen LogP contribution in [0.15, 0.2) is 42.5 Å². The van der Waals surface area contributed by atoms with Crippen LogP contribution in [0.1, 0.15) is 52.6 Å². The van der Waals surface area contributed by atoms with E-state index in [1.807, 2.05) is 6.92 Å². The summed E-state index contributed by atoms with van der Waals surface area (Å²) in [7, 11) is 1.63. The third kappa shape index (κ3) is 7.08. The van der Waals surface area contributed by atoms with Crippen molar-refractivity contribution < 1.29 is 41.8 Å². The van der Waals surface area contributed by atoms with Crippen LogP contribution < -0.4 is 10.1 Å². The summed E-state index contributed by atoms with van der Waals surface area (Å²) in [5.74, 6) is -3.65. The number of rotatable bonds is 11. The number of alkyl halides is 3. The van der Waals surface area contributed by atoms with Crippen LogP contribution in [0.4, 0.5) is 17.6 Å². The standard InChI is InChI=1S/C26H26F4N2O5/c1-3-4-16(11-15-5-6-17(13-20(15)27)25(36)31-10-9-23(33)34)24(35)22-14-18-12-19(37-26(28,29)30)7-8-21(18)32(22)2/h5-8,12-14,16H,3-4,9-11H2,1-2H3,(H,31,36)(H,33,34). The number of halogens is 4. The van der Waals surface area contributed by atoms with Crippen molar-refractivity contribution >= 4 is 28.6 Å². The topological polar surface area (TPSA) is 97.6 Å². The zero-order valence-electron chi connectivity index (χ0n) is 20.2. The molecule has 0 bridgehead atoms. The van der Waals surface area contributed by atoms with Gasteiger partial charge >= 0.3 is 12.3 Å². The number of nitrogens with one attached hydrogen (secondary N) is 1. The van der Waals surface area contributed by atoms with Crippen molar-refractivity contribution in [3.05, 3.63) is 65.1 Å². The molecular formula is C26H26F4N2O5. The molecule has 11 heteroatoms. The summed E-state index contributed by atoms with van der Waals surface area (Å²) in [6, 6.07) is 9.15. The molecular weight excluding hydrogens is 496 g/mol. The van der Waals surface area contributed by atoms with E-state index in [-0.39, 0.29) is 42.0 Å². The molecule has 37 heavy (non-hydrogen) atoms. The predicted molar refractivity (Wildman–Crippen MR) is 127 cm³/mol. The molecule has 0 spiro atoms. The number of carbonyl (C=O) groups excluding carboxylic acids is 2. The number of fused-ring (bicyclic) bond motifs is 1. The highest BCUT2D eigenvalue weighted by atomic mass is 19.4. The molecule has 2 aromatic carbocycles. The number of ketones is 1. The average molecular weight is 522 g/mol. The summed E-state index contributed by atoms with van der Waals surface area (Å²) in [6.45, 7) is 1.78. The molecule has 7 nitrogen and oxygen atoms in total. The Labute approximate surface area is 210 Å². The van der Waals surface area contributed by atoms with E-state index in [4.69, 9.17) is 5.11 Å². The van der Waals surface area contributed by atoms with Gasteiger partial charge in [-0.05, 0) is 54.8 Å². The van der Waals surface area contributed by atoms with Crippen molar-refractivity contribution in [1.82, 2.24) is 9.88 Å². The van der Waals surface area contributed by atoms with Crippen molar-refractivity contribution in [3.8, 4) is 5.75 Å². The van der Waals surface area contributed by atoms with E-state index in [1.54, 1.807) is 11.6 Å². The van der Waals surface area contributed by atoms with E-state index in [1.165, 1.54) is 36.4 Å². The fraction of sp³-hybridized carbons (Fsp3) is 0.346. The van der Waals surface area contributed by atoms with Gasteiger partial charge in [-0.25, -0.2) is 4.39 Å². The van der Waals surface area contributed by atoms with E-state index in [0.717, 1.165) is 6.07 Å². The first kappa shape index (κ1) is 27.7. The van der Waals surface area contributed by atoms with Gasteiger partial charge in [0.05, 0.1) is 12.1 Å². The molecule has 1 heterocycles. The average Bonchev–Trinajstić information content (AvgIpc) is 3.13. The number of aromatic nitrogens is 1. The second-order valence-electron chi connectivity index (χ2n) is 8.62. The minimum atomic E-state index is -4.84. The molecule has 0 aliphatic rings. The monoisotopic (exact) mass is 522 g/mol. The molecule has 0 saturated carbocycles. The Bertz CT molecular complexity index is 1320. The molecule has 3 rings (SSSR count). The lowest BCUT2D eigenvalue weighted by atomic mass is 9.89. The summed E-state index contributed by atoms with van der Waals surface area (Å²) >= 11 is 0. The minimum absolute atomic E-state index is 0.0237. The van der Waals surface area contributed by atoms with Crippen LogP contribution in [-0.4, -0.2) is 40.2 Å². The summed E-state index contributed by atoms with van der Waals surface area (Å²) in [5.41, 5.74) is 1.06. The number of carbonyl (C=O) groups is 3. The van der Waals surface area contributed by atoms with Crippen molar-refractivity contribution in [1.29, 1.82) is 0 Å². The number of aliphatic carboxylic acids is 1. The van der Waals surface area contributed by atoms with E-state index in [0.29, 0.717) is 23.7 Å². The van der Waals surface area contributed by atoms with Crippen molar-refractivity contribution in [3.63, 3.8) is 0 Å². The lowest BCUT2D eigenvalue weighted by Gasteiger charge is -2.17. The first-order chi connectivity index (χ1) is 17.4. The molecule has 0 aliphatic carbocycles. The maximum Gasteiger partial charge on any atom is 0.573 e. The maximum absolute atomic E-state index is 14.9. The highest BCUT2D eigenvalue weighted by Crippen LogP contribution is 2.30. The third-order valence-corrected chi connectivity index (χ3v) is 5.91. The van der Waals surface area contributed by atoms with E-state index < -0.39 is 35.7 Å². The number of amides is 1. The van der Waals surface area contributed by atoms with Gasteiger partial charge in [-0.2, -0.15) is 0 Å². The first-order valence-corrected chi connectivity index (χ1v) is 11.6. The number of carboxylic acids is 1. The number of Topliss-reactive ketones (excluding diaryl/α,β-unsaturated/α-hetero) is 1. The highest BCUT2D eigenvalue weighted by Gasteiger charge is 2.31. The predicted octanol–water partition coefficient (Wildman–Crippen LogP) is 5.26. The zero-order chi connectivity index (χ0) is 27.3. The molecule has 3 aromatic rings. The molecule has 0 fully saturated rings. The Morgan fingerprint density at radius 3 is 2.46 bits per heavy atom. The highest BCUT2D eigenvalue weighted by molar-refractivity contribution is 6.01. The second kappa shape index (κ2) is 11.4. The summed E-state index contributed by atoms with van der Waals surface area (Å²) < 4.78 is 58.1. The summed E-state index contributed by atoms with van der Waals surface area (Å²) in [5, 5.41) is 11.5. The number of nitrogens with zero attached hydrogens (tertiary/aromatic N) is 1. The number of hydrogen-bond donors (Lipinski definition) is 2. The fourth-order valence-electron chi connectivity index (χ4n) is 4.15. The quantitative estimate of drug-likeness (QED) is 0.264. The molecule has 1 unspecified atom stereocenters. The van der Waals surface area contributed by atoms with Gasteiger partial charge < -0.3 is 19.7 Å². The molecule has 0 radical (unpaired) electrons. The minimum Gasteiger partial charge on any atom is -0.481 e. The van der Waals surface area contributed by atoms with Gasteiger partial charge in [-0.3, -0.25) is 14.4 Å². The van der Waals surface area contributed by atoms with Crippen LogP contribution in [0.2, 0.25) is 0 Å². The SMILES string of the molecule is CCCC(Cc1ccc(C(=O)NCCC(=O)O)cc1F)C(=O)c1cc2cc(OC(F)(F)F)ccc2n1C. The van der Waals surface area contributed by atoms with Crippen molar-refractivity contribution in [2.45, 2.75) is 39.0 Å². The third-order valence-electron chi connectivity index (χ3n) is 5.91. The zero-order valence-corrected chi connectivity index (χ0v) is 20.2. The Morgan fingerprint density at radius 2 is 1.84 bits per heavy atom. The van der Waals surface area contributed by atoms with Crippen LogP contribution in [-0.2, 0) is 18.3 Å². The Kier molecular flexibility index (Phi) is 8.57. The van der Waals surface area contributed by atoms with Crippen LogP contribution >= 0.6 is 0 Å². The largest absolute Gasteiger partial charge is 0.573 e. The fourth-order valence-corrected chi connectivity index (χ4v) is 4.15. The van der Waals surface area contributed by atoms with Gasteiger partial charge in [-0.1, -0.05) is 19.4 Å². The van der Waals surface area contributed by atoms with Crippen LogP contribution in [0.25, 0.3) is 10.9 Å². The van der Waals surface area contributed by atoms with Crippen LogP contribution in [0, 0.1) is 11.7 Å². The second-order valence-corrected chi connectivity index (χ2v) is 8.62. The molecule has 198 valence electrons. The van der Waals surface area contributed by atoms with Crippen LogP contribution in [0.3, 0.4) is 0 Å². The number of ether oxygens (including phenoxy) is 1. The Hall–Kier alpha value is -3.89. The lowest BCUT2D eigenvalue weighted by molar-refractivity contribution is -0.274. The van der Waals surface area contributed by atoms with Gasteiger partial charge in [0.25, 0.3) is 5.91 Å². The Morgan fingerprint density at radius 1 is 1.11 bits per heavy atom. The van der Waals surface area contributed by atoms with Crippen LogP contribution in [0.5, 0.6) is 5.75 Å². The number of aryl methyl sites for hydroxylation is 1. The first-order valence-electron chi connectivity index (χ1n) is 11.6. The summed E-state index contributed by atoms with van der Waals surface area (Å²) in [6.07, 6.45) is -3.97. The summed E-state index contributed by atoms with van der Waals surface area (Å²) in [4.78, 5) is 36.1. The molecule has 1 aromatic heterocycles. The van der Waals surface area contributed by atoms with Gasteiger partial charge in [0.15, 0.2) is 5.78 Å². The number of hydrogen-bond acceptors (Lipinski definition) is 4. The molecule has 0 aliphatic heterocycles. The smallest absolute Gasteiger partial charge is 0.481 e. The maximum atomic E-state index is 14.9. The molecule has 1 atom stereocenters. The normalized spacial score (nSPS) is 12.4. The van der Waals surface area contributed by atoms with Gasteiger partial charge in [-0.15, -0.1) is 13.2 Å². The molecule has 0 saturated heterocycles. The van der Waals surface area contributed by atoms with Gasteiger partial charge in [0, 0.05) is 36.0 Å².